The normalized spacial score (nSPS) is 22.7. The second-order valence-corrected chi connectivity index (χ2v) is 6.94. The van der Waals surface area contributed by atoms with Gasteiger partial charge in [0.05, 0.1) is 0 Å². The molecule has 1 saturated carbocycles. The first kappa shape index (κ1) is 12.0. The molecule has 4 rings (SSSR count). The molecule has 2 aliphatic rings. The maximum absolute atomic E-state index is 3.80. The third-order valence-electron chi connectivity index (χ3n) is 4.63. The molecule has 3 heteroatoms. The van der Waals surface area contributed by atoms with Crippen LogP contribution in [0, 0.1) is 0 Å². The van der Waals surface area contributed by atoms with Crippen LogP contribution in [-0.2, 0) is 19.9 Å². The molecular formula is C16H19BrN2. The summed E-state index contributed by atoms with van der Waals surface area (Å²) in [6.45, 7) is 0. The van der Waals surface area contributed by atoms with E-state index in [4.69, 9.17) is 0 Å². The fourth-order valence-electron chi connectivity index (χ4n) is 3.47. The molecule has 1 N–H and O–H groups in total. The van der Waals surface area contributed by atoms with Gasteiger partial charge in [-0.2, -0.15) is 0 Å². The van der Waals surface area contributed by atoms with Crippen molar-refractivity contribution in [3.8, 4) is 0 Å². The Bertz CT molecular complexity index is 640. The van der Waals surface area contributed by atoms with Crippen molar-refractivity contribution < 1.29 is 0 Å². The molecule has 2 nitrogen and oxygen atoms in total. The average Bonchev–Trinajstić information content (AvgIpc) is 3.17. The molecule has 1 atom stereocenters. The number of nitrogens with zero attached hydrogens (tertiary/aromatic N) is 1. The lowest BCUT2D eigenvalue weighted by Crippen LogP contribution is -2.36. The Kier molecular flexibility index (Phi) is 2.75. The fraction of sp³-hybridized carbons (Fsp3) is 0.500. The van der Waals surface area contributed by atoms with Crippen LogP contribution in [0.25, 0.3) is 10.9 Å². The van der Waals surface area contributed by atoms with Crippen LogP contribution in [0.2, 0.25) is 0 Å². The van der Waals surface area contributed by atoms with E-state index in [1.165, 1.54) is 47.5 Å². The van der Waals surface area contributed by atoms with Gasteiger partial charge in [-0.15, -0.1) is 0 Å². The van der Waals surface area contributed by atoms with Gasteiger partial charge in [-0.3, -0.25) is 0 Å². The van der Waals surface area contributed by atoms with E-state index in [0.717, 1.165) is 6.04 Å². The predicted octanol–water partition coefficient (Wildman–Crippen LogP) is 3.55. The highest BCUT2D eigenvalue weighted by Crippen LogP contribution is 2.34. The number of hydrogen-bond donors (Lipinski definition) is 1. The molecule has 0 radical (unpaired) electrons. The van der Waals surface area contributed by atoms with E-state index in [9.17, 15) is 0 Å². The van der Waals surface area contributed by atoms with E-state index in [-0.39, 0.29) is 0 Å². The fourth-order valence-corrected chi connectivity index (χ4v) is 3.82. The summed E-state index contributed by atoms with van der Waals surface area (Å²) >= 11 is 3.59. The molecule has 0 saturated heterocycles. The Balaban J connectivity index is 1.76. The zero-order chi connectivity index (χ0) is 13.0. The van der Waals surface area contributed by atoms with Crippen molar-refractivity contribution >= 4 is 26.8 Å². The number of rotatable bonds is 2. The van der Waals surface area contributed by atoms with Gasteiger partial charge in [-0.1, -0.05) is 22.0 Å². The van der Waals surface area contributed by atoms with Crippen LogP contribution >= 0.6 is 15.9 Å². The van der Waals surface area contributed by atoms with Gasteiger partial charge in [0.2, 0.25) is 0 Å². The molecule has 1 aromatic carbocycles. The van der Waals surface area contributed by atoms with Crippen molar-refractivity contribution in [2.75, 3.05) is 0 Å². The van der Waals surface area contributed by atoms with E-state index < -0.39 is 0 Å². The third-order valence-corrected chi connectivity index (χ3v) is 5.12. The van der Waals surface area contributed by atoms with Crippen LogP contribution in [0.1, 0.15) is 30.5 Å². The number of halogens is 1. The molecule has 2 aliphatic carbocycles. The summed E-state index contributed by atoms with van der Waals surface area (Å²) in [7, 11) is 2.21. The van der Waals surface area contributed by atoms with Crippen molar-refractivity contribution in [2.24, 2.45) is 7.05 Å². The molecule has 0 amide bonds. The van der Waals surface area contributed by atoms with Crippen molar-refractivity contribution in [3.05, 3.63) is 33.9 Å². The third kappa shape index (κ3) is 2.03. The van der Waals surface area contributed by atoms with Crippen molar-refractivity contribution in [2.45, 2.75) is 44.2 Å². The van der Waals surface area contributed by atoms with E-state index in [0.29, 0.717) is 6.04 Å². The highest BCUT2D eigenvalue weighted by Gasteiger charge is 2.29. The van der Waals surface area contributed by atoms with Crippen LogP contribution < -0.4 is 5.32 Å². The number of fused-ring (bicyclic) bond motifs is 3. The van der Waals surface area contributed by atoms with Gasteiger partial charge in [0.1, 0.15) is 0 Å². The summed E-state index contributed by atoms with van der Waals surface area (Å²) in [4.78, 5) is 0. The maximum atomic E-state index is 3.80. The van der Waals surface area contributed by atoms with Gasteiger partial charge in [0.15, 0.2) is 0 Å². The van der Waals surface area contributed by atoms with Crippen molar-refractivity contribution in [3.63, 3.8) is 0 Å². The summed E-state index contributed by atoms with van der Waals surface area (Å²) in [5.41, 5.74) is 4.49. The van der Waals surface area contributed by atoms with Crippen LogP contribution in [-0.4, -0.2) is 16.7 Å². The Morgan fingerprint density at radius 2 is 2.05 bits per heavy atom. The maximum Gasteiger partial charge on any atom is 0.0494 e. The first-order valence-corrected chi connectivity index (χ1v) is 8.03. The zero-order valence-electron chi connectivity index (χ0n) is 11.2. The molecule has 2 aromatic rings. The van der Waals surface area contributed by atoms with Gasteiger partial charge in [0, 0.05) is 40.2 Å². The molecular weight excluding hydrogens is 300 g/mol. The lowest BCUT2D eigenvalue weighted by Gasteiger charge is -2.24. The van der Waals surface area contributed by atoms with Gasteiger partial charge < -0.3 is 9.88 Å². The first-order chi connectivity index (χ1) is 9.22. The van der Waals surface area contributed by atoms with Crippen LogP contribution in [0.4, 0.5) is 0 Å². The predicted molar refractivity (Wildman–Crippen MR) is 82.6 cm³/mol. The molecule has 19 heavy (non-hydrogen) atoms. The minimum absolute atomic E-state index is 0.689. The Labute approximate surface area is 122 Å². The van der Waals surface area contributed by atoms with E-state index in [2.05, 4.69) is 51.1 Å². The number of benzene rings is 1. The largest absolute Gasteiger partial charge is 0.347 e. The monoisotopic (exact) mass is 318 g/mol. The smallest absolute Gasteiger partial charge is 0.0494 e. The topological polar surface area (TPSA) is 17.0 Å². The first-order valence-electron chi connectivity index (χ1n) is 7.24. The lowest BCUT2D eigenvalue weighted by atomic mass is 9.91. The Hall–Kier alpha value is -0.800. The molecule has 0 bridgehead atoms. The molecule has 1 heterocycles. The van der Waals surface area contributed by atoms with Gasteiger partial charge in [-0.25, -0.2) is 0 Å². The number of aromatic nitrogens is 1. The van der Waals surface area contributed by atoms with E-state index in [1.807, 2.05) is 0 Å². The van der Waals surface area contributed by atoms with Gasteiger partial charge in [0.25, 0.3) is 0 Å². The van der Waals surface area contributed by atoms with E-state index in [1.54, 1.807) is 11.3 Å². The molecule has 1 fully saturated rings. The van der Waals surface area contributed by atoms with Gasteiger partial charge in [-0.05, 0) is 49.8 Å². The summed E-state index contributed by atoms with van der Waals surface area (Å²) in [5, 5.41) is 5.25. The summed E-state index contributed by atoms with van der Waals surface area (Å²) in [6, 6.07) is 8.19. The van der Waals surface area contributed by atoms with Gasteiger partial charge >= 0.3 is 0 Å². The molecule has 1 unspecified atom stereocenters. The molecule has 100 valence electrons. The minimum Gasteiger partial charge on any atom is -0.347 e. The number of hydrogen-bond acceptors (Lipinski definition) is 1. The lowest BCUT2D eigenvalue weighted by molar-refractivity contribution is 0.450. The van der Waals surface area contributed by atoms with E-state index >= 15 is 0 Å². The summed E-state index contributed by atoms with van der Waals surface area (Å²) in [6.07, 6.45) is 6.46. The number of nitrogens with one attached hydrogen (secondary N) is 1. The van der Waals surface area contributed by atoms with Crippen molar-refractivity contribution in [1.82, 2.24) is 9.88 Å². The minimum atomic E-state index is 0.689. The summed E-state index contributed by atoms with van der Waals surface area (Å²) < 4.78 is 3.56. The van der Waals surface area contributed by atoms with Crippen LogP contribution in [0.3, 0.4) is 0 Å². The van der Waals surface area contributed by atoms with Crippen LogP contribution in [0.5, 0.6) is 0 Å². The highest BCUT2D eigenvalue weighted by molar-refractivity contribution is 9.10. The Morgan fingerprint density at radius 3 is 2.84 bits per heavy atom. The Morgan fingerprint density at radius 1 is 1.21 bits per heavy atom. The number of aryl methyl sites for hydroxylation is 1. The zero-order valence-corrected chi connectivity index (χ0v) is 12.8. The second-order valence-electron chi connectivity index (χ2n) is 6.03. The second kappa shape index (κ2) is 4.35. The highest BCUT2D eigenvalue weighted by atomic mass is 79.9. The molecule has 1 aromatic heterocycles. The standard InChI is InChI=1S/C16H19BrN2/c1-19-15-7-5-12(18-11-3-4-11)9-14(15)13-6-2-10(17)8-16(13)19/h2,6,8,11-12,18H,3-5,7,9H2,1H3. The quantitative estimate of drug-likeness (QED) is 0.896. The SMILES string of the molecule is Cn1c2c(c3ccc(Br)cc31)CC(NC1CC1)CC2. The van der Waals surface area contributed by atoms with Crippen molar-refractivity contribution in [1.29, 1.82) is 0 Å². The molecule has 0 aliphatic heterocycles. The summed E-state index contributed by atoms with van der Waals surface area (Å²) in [5.74, 6) is 0. The average molecular weight is 319 g/mol. The van der Waals surface area contributed by atoms with Crippen LogP contribution in [0.15, 0.2) is 22.7 Å². The molecule has 0 spiro atoms.